The second kappa shape index (κ2) is 7.06. The Morgan fingerprint density at radius 2 is 1.81 bits per heavy atom. The molecule has 27 heavy (non-hydrogen) atoms. The molecule has 0 bridgehead atoms. The van der Waals surface area contributed by atoms with Crippen LogP contribution in [0.1, 0.15) is 58.9 Å². The molecule has 2 unspecified atom stereocenters. The molecule has 1 aromatic carbocycles. The van der Waals surface area contributed by atoms with Crippen LogP contribution in [0, 0.1) is 35.0 Å². The summed E-state index contributed by atoms with van der Waals surface area (Å²) in [4.78, 5) is 0. The zero-order valence-corrected chi connectivity index (χ0v) is 18.2. The fourth-order valence-corrected chi connectivity index (χ4v) is 7.07. The number of fused-ring (bicyclic) bond motifs is 3. The highest BCUT2D eigenvalue weighted by Gasteiger charge is 2.66. The molecule has 0 spiro atoms. The lowest BCUT2D eigenvalue weighted by Crippen LogP contribution is -2.55. The Kier molecular flexibility index (Phi) is 5.03. The minimum absolute atomic E-state index is 0.149. The predicted molar refractivity (Wildman–Crippen MR) is 118 cm³/mol. The van der Waals surface area contributed by atoms with Crippen molar-refractivity contribution >= 4 is 17.3 Å². The van der Waals surface area contributed by atoms with E-state index in [-0.39, 0.29) is 5.54 Å². The molecule has 0 saturated heterocycles. The predicted octanol–water partition coefficient (Wildman–Crippen LogP) is 5.18. The minimum Gasteiger partial charge on any atom is -0.362 e. The summed E-state index contributed by atoms with van der Waals surface area (Å²) in [5.41, 5.74) is 2.08. The molecular formula is C24H36N2S. The Morgan fingerprint density at radius 3 is 2.56 bits per heavy atom. The molecule has 148 valence electrons. The van der Waals surface area contributed by atoms with Crippen LogP contribution in [0.3, 0.4) is 0 Å². The molecule has 1 aromatic rings. The van der Waals surface area contributed by atoms with E-state index in [2.05, 4.69) is 68.7 Å². The van der Waals surface area contributed by atoms with E-state index in [1.54, 1.807) is 0 Å². The van der Waals surface area contributed by atoms with E-state index in [0.29, 0.717) is 5.41 Å². The zero-order valence-electron chi connectivity index (χ0n) is 17.4. The van der Waals surface area contributed by atoms with Gasteiger partial charge < -0.3 is 10.6 Å². The summed E-state index contributed by atoms with van der Waals surface area (Å²) in [6, 6.07) is 10.6. The molecule has 4 rings (SSSR count). The normalized spacial score (nSPS) is 39.0. The van der Waals surface area contributed by atoms with Crippen molar-refractivity contribution in [2.45, 2.75) is 65.3 Å². The van der Waals surface area contributed by atoms with Crippen LogP contribution in [0.25, 0.3) is 0 Å². The molecular weight excluding hydrogens is 348 g/mol. The summed E-state index contributed by atoms with van der Waals surface area (Å²) in [6.45, 7) is 10.9. The summed E-state index contributed by atoms with van der Waals surface area (Å²) in [6.07, 6.45) is 6.38. The Balaban J connectivity index is 1.38. The molecule has 6 atom stereocenters. The van der Waals surface area contributed by atoms with Crippen LogP contribution in [0.5, 0.6) is 0 Å². The van der Waals surface area contributed by atoms with E-state index < -0.39 is 0 Å². The van der Waals surface area contributed by atoms with Gasteiger partial charge in [-0.05, 0) is 85.4 Å². The van der Waals surface area contributed by atoms with Gasteiger partial charge in [0.25, 0.3) is 0 Å². The molecule has 3 fully saturated rings. The lowest BCUT2D eigenvalue weighted by Gasteiger charge is -2.41. The number of rotatable bonds is 4. The second-order valence-electron chi connectivity index (χ2n) is 10.3. The Hall–Kier alpha value is -1.09. The van der Waals surface area contributed by atoms with Crippen LogP contribution < -0.4 is 10.6 Å². The van der Waals surface area contributed by atoms with Crippen molar-refractivity contribution in [3.8, 4) is 0 Å². The first kappa shape index (κ1) is 19.2. The van der Waals surface area contributed by atoms with Gasteiger partial charge >= 0.3 is 0 Å². The highest BCUT2D eigenvalue weighted by atomic mass is 32.1. The Labute approximate surface area is 170 Å². The first-order valence-corrected chi connectivity index (χ1v) is 11.3. The van der Waals surface area contributed by atoms with Crippen LogP contribution in [0.2, 0.25) is 0 Å². The SMILES string of the molecule is C[C@H]1CC[C@H]2[C@H]1C1C(CC[C@]2(C)NC(=S)NCCc2ccccc2)C1(C)C. The van der Waals surface area contributed by atoms with Gasteiger partial charge in [0, 0.05) is 12.1 Å². The molecule has 3 heteroatoms. The van der Waals surface area contributed by atoms with Crippen LogP contribution >= 0.6 is 12.2 Å². The monoisotopic (exact) mass is 384 g/mol. The summed E-state index contributed by atoms with van der Waals surface area (Å²) < 4.78 is 0. The number of thiocarbonyl (C=S) groups is 1. The van der Waals surface area contributed by atoms with Gasteiger partial charge in [0.15, 0.2) is 5.11 Å². The maximum absolute atomic E-state index is 5.72. The average molecular weight is 385 g/mol. The highest BCUT2D eigenvalue weighted by molar-refractivity contribution is 7.80. The highest BCUT2D eigenvalue weighted by Crippen LogP contribution is 2.71. The third-order valence-electron chi connectivity index (χ3n) is 8.34. The van der Waals surface area contributed by atoms with E-state index in [1.807, 2.05) is 0 Å². The molecule has 0 amide bonds. The van der Waals surface area contributed by atoms with Crippen molar-refractivity contribution in [3.63, 3.8) is 0 Å². The molecule has 0 radical (unpaired) electrons. The van der Waals surface area contributed by atoms with Crippen molar-refractivity contribution in [1.82, 2.24) is 10.6 Å². The van der Waals surface area contributed by atoms with Gasteiger partial charge in [-0.25, -0.2) is 0 Å². The molecule has 3 saturated carbocycles. The lowest BCUT2D eigenvalue weighted by molar-refractivity contribution is 0.157. The van der Waals surface area contributed by atoms with Gasteiger partial charge in [0.1, 0.15) is 0 Å². The number of hydrogen-bond acceptors (Lipinski definition) is 1. The van der Waals surface area contributed by atoms with Crippen molar-refractivity contribution in [1.29, 1.82) is 0 Å². The molecule has 2 nitrogen and oxygen atoms in total. The van der Waals surface area contributed by atoms with Gasteiger partial charge in [0.2, 0.25) is 0 Å². The first-order chi connectivity index (χ1) is 12.8. The van der Waals surface area contributed by atoms with Gasteiger partial charge in [-0.15, -0.1) is 0 Å². The summed E-state index contributed by atoms with van der Waals surface area (Å²) in [5, 5.41) is 8.13. The van der Waals surface area contributed by atoms with E-state index in [1.165, 1.54) is 31.2 Å². The summed E-state index contributed by atoms with van der Waals surface area (Å²) >= 11 is 5.72. The third kappa shape index (κ3) is 3.52. The third-order valence-corrected chi connectivity index (χ3v) is 8.59. The average Bonchev–Trinajstić information content (AvgIpc) is 2.99. The first-order valence-electron chi connectivity index (χ1n) is 10.9. The largest absolute Gasteiger partial charge is 0.362 e. The number of nitrogens with one attached hydrogen (secondary N) is 2. The fraction of sp³-hybridized carbons (Fsp3) is 0.708. The minimum atomic E-state index is 0.149. The smallest absolute Gasteiger partial charge is 0.166 e. The lowest BCUT2D eigenvalue weighted by atomic mass is 9.72. The van der Waals surface area contributed by atoms with E-state index in [4.69, 9.17) is 12.2 Å². The van der Waals surface area contributed by atoms with Crippen LogP contribution in [-0.4, -0.2) is 17.2 Å². The van der Waals surface area contributed by atoms with Crippen LogP contribution in [-0.2, 0) is 6.42 Å². The Morgan fingerprint density at radius 1 is 1.07 bits per heavy atom. The van der Waals surface area contributed by atoms with Crippen molar-refractivity contribution in [3.05, 3.63) is 35.9 Å². The zero-order chi connectivity index (χ0) is 19.2. The maximum atomic E-state index is 5.72. The van der Waals surface area contributed by atoms with Gasteiger partial charge in [-0.1, -0.05) is 57.5 Å². The quantitative estimate of drug-likeness (QED) is 0.700. The van der Waals surface area contributed by atoms with E-state index >= 15 is 0 Å². The summed E-state index contributed by atoms with van der Waals surface area (Å²) in [5.74, 6) is 4.36. The van der Waals surface area contributed by atoms with E-state index in [0.717, 1.165) is 47.7 Å². The Bertz CT molecular complexity index is 685. The van der Waals surface area contributed by atoms with Gasteiger partial charge in [-0.2, -0.15) is 0 Å². The number of hydrogen-bond donors (Lipinski definition) is 2. The standard InChI is InChI=1S/C24H36N2S/c1-16-10-11-18-20(16)21-19(23(21,2)3)12-14-24(18,4)26-22(27)25-15-13-17-8-6-5-7-9-17/h5-9,16,18-21H,10-15H2,1-4H3,(H2,25,26,27)/t16-,18-,19?,20-,21?,24-/m0/s1. The van der Waals surface area contributed by atoms with Gasteiger partial charge in [0.05, 0.1) is 0 Å². The fourth-order valence-electron chi connectivity index (χ4n) is 6.74. The molecule has 0 aliphatic heterocycles. The topological polar surface area (TPSA) is 24.1 Å². The van der Waals surface area contributed by atoms with E-state index in [9.17, 15) is 0 Å². The van der Waals surface area contributed by atoms with Crippen LogP contribution in [0.4, 0.5) is 0 Å². The maximum Gasteiger partial charge on any atom is 0.166 e. The molecule has 0 aromatic heterocycles. The molecule has 3 aliphatic rings. The van der Waals surface area contributed by atoms with Crippen LogP contribution in [0.15, 0.2) is 30.3 Å². The number of benzene rings is 1. The molecule has 3 aliphatic carbocycles. The van der Waals surface area contributed by atoms with Gasteiger partial charge in [-0.3, -0.25) is 0 Å². The molecule has 0 heterocycles. The van der Waals surface area contributed by atoms with Crippen molar-refractivity contribution in [2.75, 3.05) is 6.54 Å². The second-order valence-corrected chi connectivity index (χ2v) is 10.7. The van der Waals surface area contributed by atoms with Crippen molar-refractivity contribution < 1.29 is 0 Å². The summed E-state index contributed by atoms with van der Waals surface area (Å²) in [7, 11) is 0. The van der Waals surface area contributed by atoms with Crippen molar-refractivity contribution in [2.24, 2.45) is 35.0 Å². The molecule has 2 N–H and O–H groups in total.